The highest BCUT2D eigenvalue weighted by molar-refractivity contribution is 8.00. The van der Waals surface area contributed by atoms with Gasteiger partial charge < -0.3 is 10.5 Å². The Balaban J connectivity index is 1.84. The molecule has 0 bridgehead atoms. The molecule has 1 heterocycles. The number of aryl methyl sites for hydroxylation is 1. The summed E-state index contributed by atoms with van der Waals surface area (Å²) >= 11 is 1.95. The van der Waals surface area contributed by atoms with Crippen LogP contribution in [0.5, 0.6) is 0 Å². The molecule has 0 aliphatic carbocycles. The van der Waals surface area contributed by atoms with Crippen molar-refractivity contribution in [3.05, 3.63) is 35.4 Å². The van der Waals surface area contributed by atoms with Crippen LogP contribution in [0, 0.1) is 6.92 Å². The quantitative estimate of drug-likeness (QED) is 0.893. The number of thioether (sulfide) groups is 1. The minimum absolute atomic E-state index is 0.133. The van der Waals surface area contributed by atoms with Crippen LogP contribution in [0.4, 0.5) is 0 Å². The number of rotatable bonds is 4. The summed E-state index contributed by atoms with van der Waals surface area (Å²) in [5.74, 6) is 0.974. The lowest BCUT2D eigenvalue weighted by Crippen LogP contribution is -2.19. The van der Waals surface area contributed by atoms with Gasteiger partial charge in [-0.1, -0.05) is 29.8 Å². The second-order valence-corrected chi connectivity index (χ2v) is 6.03. The largest absolute Gasteiger partial charge is 0.377 e. The summed E-state index contributed by atoms with van der Waals surface area (Å²) in [5.41, 5.74) is 8.72. The molecular formula is C14H21NOS. The fourth-order valence-electron chi connectivity index (χ4n) is 2.07. The van der Waals surface area contributed by atoms with E-state index in [-0.39, 0.29) is 6.04 Å². The van der Waals surface area contributed by atoms with E-state index in [1.807, 2.05) is 11.8 Å². The van der Waals surface area contributed by atoms with E-state index in [4.69, 9.17) is 10.5 Å². The van der Waals surface area contributed by atoms with Gasteiger partial charge in [-0.3, -0.25) is 0 Å². The van der Waals surface area contributed by atoms with Gasteiger partial charge >= 0.3 is 0 Å². The van der Waals surface area contributed by atoms with Gasteiger partial charge in [0.25, 0.3) is 0 Å². The van der Waals surface area contributed by atoms with Crippen LogP contribution in [0.1, 0.15) is 30.5 Å². The summed E-state index contributed by atoms with van der Waals surface area (Å²) in [4.78, 5) is 0. The normalized spacial score (nSPS) is 26.1. The molecule has 0 spiro atoms. The molecule has 2 N–H and O–H groups in total. The zero-order chi connectivity index (χ0) is 12.3. The standard InChI is InChI=1S/C14H21NOS/c1-10-3-5-12(6-4-10)13(15)9-17-14-7-8-16-11(14)2/h3-6,11,13-14H,7-9,15H2,1-2H3. The van der Waals surface area contributed by atoms with Gasteiger partial charge in [-0.25, -0.2) is 0 Å². The van der Waals surface area contributed by atoms with E-state index in [0.29, 0.717) is 11.4 Å². The molecule has 1 aliphatic rings. The second kappa shape index (κ2) is 5.89. The van der Waals surface area contributed by atoms with Crippen LogP contribution in [0.15, 0.2) is 24.3 Å². The molecule has 17 heavy (non-hydrogen) atoms. The first-order chi connectivity index (χ1) is 8.16. The van der Waals surface area contributed by atoms with Crippen LogP contribution in [-0.4, -0.2) is 23.7 Å². The van der Waals surface area contributed by atoms with Crippen LogP contribution in [0.3, 0.4) is 0 Å². The van der Waals surface area contributed by atoms with Crippen molar-refractivity contribution in [1.29, 1.82) is 0 Å². The third-order valence-electron chi connectivity index (χ3n) is 3.30. The van der Waals surface area contributed by atoms with E-state index in [0.717, 1.165) is 18.8 Å². The minimum Gasteiger partial charge on any atom is -0.377 e. The maximum atomic E-state index is 6.21. The second-order valence-electron chi connectivity index (χ2n) is 4.75. The first kappa shape index (κ1) is 12.9. The van der Waals surface area contributed by atoms with Gasteiger partial charge in [-0.2, -0.15) is 11.8 Å². The zero-order valence-electron chi connectivity index (χ0n) is 10.6. The number of nitrogens with two attached hydrogens (primary N) is 1. The average Bonchev–Trinajstić information content (AvgIpc) is 2.73. The van der Waals surface area contributed by atoms with Gasteiger partial charge in [0.05, 0.1) is 6.10 Å². The third-order valence-corrected chi connectivity index (χ3v) is 4.90. The van der Waals surface area contributed by atoms with Crippen molar-refractivity contribution in [1.82, 2.24) is 0 Å². The van der Waals surface area contributed by atoms with Gasteiger partial charge in [0.2, 0.25) is 0 Å². The van der Waals surface area contributed by atoms with E-state index in [9.17, 15) is 0 Å². The Labute approximate surface area is 108 Å². The van der Waals surface area contributed by atoms with Gasteiger partial charge in [0.1, 0.15) is 0 Å². The Kier molecular flexibility index (Phi) is 4.48. The van der Waals surface area contributed by atoms with Gasteiger partial charge in [-0.15, -0.1) is 0 Å². The van der Waals surface area contributed by atoms with E-state index < -0.39 is 0 Å². The molecule has 1 aliphatic heterocycles. The Morgan fingerprint density at radius 2 is 2.12 bits per heavy atom. The van der Waals surface area contributed by atoms with Crippen LogP contribution in [-0.2, 0) is 4.74 Å². The van der Waals surface area contributed by atoms with Crippen LogP contribution >= 0.6 is 11.8 Å². The number of ether oxygens (including phenoxy) is 1. The molecule has 1 aromatic rings. The molecule has 0 amide bonds. The zero-order valence-corrected chi connectivity index (χ0v) is 11.4. The molecule has 2 nitrogen and oxygen atoms in total. The highest BCUT2D eigenvalue weighted by Crippen LogP contribution is 2.29. The lowest BCUT2D eigenvalue weighted by Gasteiger charge is -2.17. The first-order valence-corrected chi connectivity index (χ1v) is 7.27. The third kappa shape index (κ3) is 3.47. The maximum Gasteiger partial charge on any atom is 0.0666 e. The summed E-state index contributed by atoms with van der Waals surface area (Å²) in [6.07, 6.45) is 1.54. The number of hydrogen-bond acceptors (Lipinski definition) is 3. The van der Waals surface area contributed by atoms with Crippen molar-refractivity contribution >= 4 is 11.8 Å². The predicted molar refractivity (Wildman–Crippen MR) is 74.4 cm³/mol. The molecule has 0 saturated carbocycles. The Morgan fingerprint density at radius 3 is 2.71 bits per heavy atom. The van der Waals surface area contributed by atoms with Crippen molar-refractivity contribution < 1.29 is 4.74 Å². The van der Waals surface area contributed by atoms with Crippen molar-refractivity contribution in [3.63, 3.8) is 0 Å². The van der Waals surface area contributed by atoms with Crippen molar-refractivity contribution in [2.45, 2.75) is 37.7 Å². The van der Waals surface area contributed by atoms with Gasteiger partial charge in [0, 0.05) is 23.7 Å². The molecule has 1 aromatic carbocycles. The molecule has 0 radical (unpaired) electrons. The monoisotopic (exact) mass is 251 g/mol. The maximum absolute atomic E-state index is 6.21. The molecule has 3 unspecified atom stereocenters. The molecule has 3 atom stereocenters. The van der Waals surface area contributed by atoms with Crippen LogP contribution < -0.4 is 5.73 Å². The Bertz CT molecular complexity index is 352. The summed E-state index contributed by atoms with van der Waals surface area (Å²) in [5, 5.41) is 0.617. The topological polar surface area (TPSA) is 35.2 Å². The Morgan fingerprint density at radius 1 is 1.41 bits per heavy atom. The summed E-state index contributed by atoms with van der Waals surface area (Å²) < 4.78 is 5.56. The lowest BCUT2D eigenvalue weighted by atomic mass is 10.1. The number of benzene rings is 1. The minimum atomic E-state index is 0.133. The lowest BCUT2D eigenvalue weighted by molar-refractivity contribution is 0.127. The van der Waals surface area contributed by atoms with Crippen LogP contribution in [0.2, 0.25) is 0 Å². The van der Waals surface area contributed by atoms with Crippen LogP contribution in [0.25, 0.3) is 0 Å². The smallest absolute Gasteiger partial charge is 0.0666 e. The fourth-order valence-corrected chi connectivity index (χ4v) is 3.33. The average molecular weight is 251 g/mol. The predicted octanol–water partition coefficient (Wildman–Crippen LogP) is 2.91. The Hall–Kier alpha value is -0.510. The summed E-state index contributed by atoms with van der Waals surface area (Å²) in [7, 11) is 0. The molecule has 1 saturated heterocycles. The highest BCUT2D eigenvalue weighted by Gasteiger charge is 2.25. The van der Waals surface area contributed by atoms with Crippen molar-refractivity contribution in [2.24, 2.45) is 5.73 Å². The van der Waals surface area contributed by atoms with Gasteiger partial charge in [-0.05, 0) is 25.8 Å². The van der Waals surface area contributed by atoms with E-state index >= 15 is 0 Å². The summed E-state index contributed by atoms with van der Waals surface area (Å²) in [6, 6.07) is 8.65. The molecule has 3 heteroatoms. The number of hydrogen-bond donors (Lipinski definition) is 1. The molecule has 2 rings (SSSR count). The van der Waals surface area contributed by atoms with E-state index in [2.05, 4.69) is 38.1 Å². The molecule has 0 aromatic heterocycles. The SMILES string of the molecule is Cc1ccc(C(N)CSC2CCOC2C)cc1. The molecule has 1 fully saturated rings. The highest BCUT2D eigenvalue weighted by atomic mass is 32.2. The fraction of sp³-hybridized carbons (Fsp3) is 0.571. The summed E-state index contributed by atoms with van der Waals surface area (Å²) in [6.45, 7) is 5.16. The van der Waals surface area contributed by atoms with Gasteiger partial charge in [0.15, 0.2) is 0 Å². The van der Waals surface area contributed by atoms with E-state index in [1.54, 1.807) is 0 Å². The molecule has 94 valence electrons. The first-order valence-electron chi connectivity index (χ1n) is 6.22. The van der Waals surface area contributed by atoms with Crippen molar-refractivity contribution in [3.8, 4) is 0 Å². The van der Waals surface area contributed by atoms with E-state index in [1.165, 1.54) is 11.1 Å². The van der Waals surface area contributed by atoms with Crippen molar-refractivity contribution in [2.75, 3.05) is 12.4 Å². The molecular weight excluding hydrogens is 230 g/mol.